The minimum Gasteiger partial charge on any atom is -0.505 e. The largest absolute Gasteiger partial charge is 0.505 e. The molecule has 0 saturated heterocycles. The second kappa shape index (κ2) is 8.99. The molecule has 1 N–H and O–H groups in total. The quantitative estimate of drug-likeness (QED) is 0.206. The summed E-state index contributed by atoms with van der Waals surface area (Å²) in [6.45, 7) is 13.4. The monoisotopic (exact) mass is 473 g/mol. The Balaban J connectivity index is 1.60. The van der Waals surface area contributed by atoms with Crippen molar-refractivity contribution in [3.8, 4) is 17.2 Å². The summed E-state index contributed by atoms with van der Waals surface area (Å²) in [5, 5.41) is 20.2. The lowest BCUT2D eigenvalue weighted by Crippen LogP contribution is -2.13. The number of nitrogens with zero attached hydrogens (tertiary/aromatic N) is 3. The van der Waals surface area contributed by atoms with Gasteiger partial charge in [-0.15, -0.1) is 15.0 Å². The Morgan fingerprint density at radius 3 is 2.29 bits per heavy atom. The molecule has 6 nitrogen and oxygen atoms in total. The normalized spacial score (nSPS) is 11.6. The lowest BCUT2D eigenvalue weighted by atomic mass is 9.85. The summed E-state index contributed by atoms with van der Waals surface area (Å²) in [5.74, 6) is 0.229. The van der Waals surface area contributed by atoms with Crippen LogP contribution in [0.25, 0.3) is 16.7 Å². The van der Waals surface area contributed by atoms with Crippen LogP contribution in [0.15, 0.2) is 76.5 Å². The highest BCUT2D eigenvalue weighted by atomic mass is 32.2. The van der Waals surface area contributed by atoms with E-state index in [4.69, 9.17) is 4.74 Å². The number of fused-ring (bicyclic) bond motifs is 1. The Bertz CT molecular complexity index is 1400. The number of aromatic hydroxyl groups is 1. The number of ether oxygens (including phenoxy) is 1. The molecule has 0 atom stereocenters. The van der Waals surface area contributed by atoms with Gasteiger partial charge in [0.2, 0.25) is 0 Å². The number of phenolic OH excluding ortho intramolecular Hbond substituents is 1. The number of aryl methyl sites for hydroxylation is 1. The average molecular weight is 474 g/mol. The van der Waals surface area contributed by atoms with Gasteiger partial charge >= 0.3 is 5.97 Å². The predicted octanol–water partition coefficient (Wildman–Crippen LogP) is 6.36. The third kappa shape index (κ3) is 4.99. The molecule has 4 rings (SSSR count). The molecule has 0 fully saturated rings. The maximum Gasteiger partial charge on any atom is 0.338 e. The van der Waals surface area contributed by atoms with Crippen molar-refractivity contribution in [2.45, 2.75) is 49.8 Å². The average Bonchev–Trinajstić information content (AvgIpc) is 3.18. The number of aromatic nitrogens is 3. The second-order valence-electron chi connectivity index (χ2n) is 9.31. The third-order valence-electron chi connectivity index (χ3n) is 5.23. The molecule has 0 amide bonds. The van der Waals surface area contributed by atoms with E-state index in [0.29, 0.717) is 17.0 Å². The maximum absolute atomic E-state index is 11.7. The number of carbonyl (C=O) groups is 1. The minimum atomic E-state index is -0.441. The fourth-order valence-electron chi connectivity index (χ4n) is 3.46. The number of carbonyl (C=O) groups excluding carboxylic acids is 1. The number of benzene rings is 3. The van der Waals surface area contributed by atoms with Crippen molar-refractivity contribution in [2.75, 3.05) is 0 Å². The topological polar surface area (TPSA) is 77.2 Å². The molecule has 34 heavy (non-hydrogen) atoms. The molecular formula is C27H27N3O3S. The lowest BCUT2D eigenvalue weighted by molar-refractivity contribution is -0.130. The van der Waals surface area contributed by atoms with E-state index in [0.717, 1.165) is 32.0 Å². The molecule has 0 spiro atoms. The van der Waals surface area contributed by atoms with Gasteiger partial charge in [0, 0.05) is 20.9 Å². The van der Waals surface area contributed by atoms with Crippen LogP contribution in [0.1, 0.15) is 38.8 Å². The summed E-state index contributed by atoms with van der Waals surface area (Å²) in [7, 11) is 0. The SMILES string of the molecule is C=C(C)C(=O)Oc1ccc(Sc2ccc3nn(-c4cc(C)cc(C(C)(C)C)c4O)nc3c2)cc1. The molecule has 0 radical (unpaired) electrons. The molecule has 4 aromatic rings. The zero-order valence-electron chi connectivity index (χ0n) is 19.9. The van der Waals surface area contributed by atoms with Gasteiger partial charge in [-0.25, -0.2) is 4.79 Å². The fraction of sp³-hybridized carbons (Fsp3) is 0.222. The fourth-order valence-corrected chi connectivity index (χ4v) is 4.31. The standard InChI is InChI=1S/C27H27N3O3S/c1-16(2)26(32)33-18-7-9-19(10-8-18)34-20-11-12-22-23(15-20)29-30(28-22)24-14-17(3)13-21(25(24)31)27(4,5)6/h7-15,31H,1H2,2-6H3. The zero-order valence-corrected chi connectivity index (χ0v) is 20.7. The highest BCUT2D eigenvalue weighted by molar-refractivity contribution is 7.99. The van der Waals surface area contributed by atoms with Gasteiger partial charge in [0.25, 0.3) is 0 Å². The molecule has 0 aliphatic heterocycles. The molecule has 174 valence electrons. The van der Waals surface area contributed by atoms with Gasteiger partial charge in [-0.05, 0) is 73.4 Å². The van der Waals surface area contributed by atoms with Gasteiger partial charge in [-0.3, -0.25) is 0 Å². The van der Waals surface area contributed by atoms with Crippen LogP contribution in [0.4, 0.5) is 0 Å². The van der Waals surface area contributed by atoms with Crippen molar-refractivity contribution in [1.29, 1.82) is 0 Å². The van der Waals surface area contributed by atoms with Gasteiger partial charge < -0.3 is 9.84 Å². The van der Waals surface area contributed by atoms with Crippen LogP contribution < -0.4 is 4.74 Å². The number of rotatable bonds is 5. The van der Waals surface area contributed by atoms with Crippen molar-refractivity contribution in [1.82, 2.24) is 15.0 Å². The summed E-state index contributed by atoms with van der Waals surface area (Å²) in [5.41, 5.74) is 4.08. The van der Waals surface area contributed by atoms with E-state index in [9.17, 15) is 9.90 Å². The summed E-state index contributed by atoms with van der Waals surface area (Å²) < 4.78 is 5.24. The molecule has 0 unspecified atom stereocenters. The van der Waals surface area contributed by atoms with Gasteiger partial charge in [0.05, 0.1) is 0 Å². The van der Waals surface area contributed by atoms with Gasteiger partial charge in [-0.2, -0.15) is 0 Å². The Labute approximate surface area is 203 Å². The zero-order chi connectivity index (χ0) is 24.6. The predicted molar refractivity (Wildman–Crippen MR) is 135 cm³/mol. The maximum atomic E-state index is 11.7. The van der Waals surface area contributed by atoms with Gasteiger partial charge in [0.15, 0.2) is 0 Å². The first-order valence-corrected chi connectivity index (χ1v) is 11.7. The van der Waals surface area contributed by atoms with Crippen LogP contribution in [0.5, 0.6) is 11.5 Å². The van der Waals surface area contributed by atoms with Crippen molar-refractivity contribution >= 4 is 28.8 Å². The van der Waals surface area contributed by atoms with Crippen LogP contribution in [0, 0.1) is 6.92 Å². The van der Waals surface area contributed by atoms with Gasteiger partial charge in [-0.1, -0.05) is 45.2 Å². The Hall–Kier alpha value is -3.58. The second-order valence-corrected chi connectivity index (χ2v) is 10.5. The van der Waals surface area contributed by atoms with Crippen LogP contribution in [-0.2, 0) is 10.2 Å². The highest BCUT2D eigenvalue weighted by Crippen LogP contribution is 2.36. The van der Waals surface area contributed by atoms with Crippen LogP contribution in [-0.4, -0.2) is 26.1 Å². The van der Waals surface area contributed by atoms with Crippen LogP contribution in [0.3, 0.4) is 0 Å². The van der Waals surface area contributed by atoms with E-state index in [1.807, 2.05) is 49.4 Å². The van der Waals surface area contributed by atoms with Crippen LogP contribution in [0.2, 0.25) is 0 Å². The molecular weight excluding hydrogens is 446 g/mol. The van der Waals surface area contributed by atoms with Gasteiger partial charge in [0.1, 0.15) is 28.2 Å². The highest BCUT2D eigenvalue weighted by Gasteiger charge is 2.22. The van der Waals surface area contributed by atoms with E-state index < -0.39 is 5.97 Å². The summed E-state index contributed by atoms with van der Waals surface area (Å²) in [6, 6.07) is 17.1. The third-order valence-corrected chi connectivity index (χ3v) is 6.23. The molecule has 7 heteroatoms. The first-order valence-electron chi connectivity index (χ1n) is 10.9. The number of hydrogen-bond acceptors (Lipinski definition) is 6. The van der Waals surface area contributed by atoms with E-state index in [1.54, 1.807) is 30.8 Å². The summed E-state index contributed by atoms with van der Waals surface area (Å²) in [6.07, 6.45) is 0. The molecule has 0 aliphatic carbocycles. The van der Waals surface area contributed by atoms with E-state index in [2.05, 4.69) is 37.5 Å². The first-order chi connectivity index (χ1) is 16.0. The van der Waals surface area contributed by atoms with Crippen molar-refractivity contribution in [3.05, 3.63) is 77.9 Å². The summed E-state index contributed by atoms with van der Waals surface area (Å²) in [4.78, 5) is 15.2. The summed E-state index contributed by atoms with van der Waals surface area (Å²) >= 11 is 1.57. The van der Waals surface area contributed by atoms with E-state index in [-0.39, 0.29) is 11.2 Å². The first kappa shape index (κ1) is 23.6. The molecule has 0 aliphatic rings. The van der Waals surface area contributed by atoms with E-state index in [1.165, 1.54) is 4.80 Å². The van der Waals surface area contributed by atoms with E-state index >= 15 is 0 Å². The number of esters is 1. The molecule has 1 heterocycles. The van der Waals surface area contributed by atoms with Crippen molar-refractivity contribution in [2.24, 2.45) is 0 Å². The Morgan fingerprint density at radius 1 is 1.00 bits per heavy atom. The van der Waals surface area contributed by atoms with Crippen molar-refractivity contribution in [3.63, 3.8) is 0 Å². The number of phenols is 1. The number of hydrogen-bond donors (Lipinski definition) is 1. The lowest BCUT2D eigenvalue weighted by Gasteiger charge is -2.22. The smallest absolute Gasteiger partial charge is 0.338 e. The van der Waals surface area contributed by atoms with Crippen molar-refractivity contribution < 1.29 is 14.6 Å². The molecule has 1 aromatic heterocycles. The Kier molecular flexibility index (Phi) is 6.23. The molecule has 0 saturated carbocycles. The minimum absolute atomic E-state index is 0.195. The Morgan fingerprint density at radius 2 is 1.65 bits per heavy atom. The molecule has 0 bridgehead atoms. The molecule has 3 aromatic carbocycles. The van der Waals surface area contributed by atoms with Crippen LogP contribution >= 0.6 is 11.8 Å².